The molecule has 0 aliphatic rings. The Labute approximate surface area is 122 Å². The molecule has 1 N–H and O–H groups in total. The molecule has 0 spiro atoms. The average molecular weight is 296 g/mol. The third-order valence-electron chi connectivity index (χ3n) is 2.06. The fraction of sp³-hybridized carbons (Fsp3) is 0.286. The van der Waals surface area contributed by atoms with Gasteiger partial charge in [0.1, 0.15) is 5.88 Å². The van der Waals surface area contributed by atoms with Gasteiger partial charge in [0.25, 0.3) is 0 Å². The highest BCUT2D eigenvalue weighted by molar-refractivity contribution is 8.13. The number of carbonyl (C=O) groups is 2. The van der Waals surface area contributed by atoms with Crippen LogP contribution < -0.4 is 5.32 Å². The van der Waals surface area contributed by atoms with E-state index in [-0.39, 0.29) is 16.9 Å². The zero-order valence-electron chi connectivity index (χ0n) is 10.5. The molecule has 0 saturated heterocycles. The number of rotatable bonds is 4. The van der Waals surface area contributed by atoms with Crippen molar-refractivity contribution in [3.63, 3.8) is 0 Å². The molecule has 0 aliphatic carbocycles. The molecule has 0 aromatic heterocycles. The molecular formula is C14H14ClNO2S. The van der Waals surface area contributed by atoms with E-state index in [0.29, 0.717) is 17.9 Å². The molecular weight excluding hydrogens is 282 g/mol. The van der Waals surface area contributed by atoms with Gasteiger partial charge >= 0.3 is 0 Å². The van der Waals surface area contributed by atoms with E-state index in [1.165, 1.54) is 11.8 Å². The van der Waals surface area contributed by atoms with Gasteiger partial charge in [0.05, 0.1) is 0 Å². The molecule has 0 unspecified atom stereocenters. The summed E-state index contributed by atoms with van der Waals surface area (Å²) in [6.07, 6.45) is 0.676. The zero-order valence-corrected chi connectivity index (χ0v) is 12.1. The Balaban J connectivity index is 2.46. The van der Waals surface area contributed by atoms with E-state index in [1.54, 1.807) is 19.1 Å². The van der Waals surface area contributed by atoms with Crippen molar-refractivity contribution in [1.82, 2.24) is 0 Å². The maximum absolute atomic E-state index is 11.1. The number of alkyl halides is 1. The number of halogens is 1. The first-order valence-electron chi connectivity index (χ1n) is 5.70. The topological polar surface area (TPSA) is 46.2 Å². The van der Waals surface area contributed by atoms with Crippen LogP contribution in [0.5, 0.6) is 0 Å². The summed E-state index contributed by atoms with van der Waals surface area (Å²) in [7, 11) is 0. The van der Waals surface area contributed by atoms with Gasteiger partial charge in [-0.3, -0.25) is 9.59 Å². The van der Waals surface area contributed by atoms with Crippen LogP contribution in [0.15, 0.2) is 24.3 Å². The van der Waals surface area contributed by atoms with Crippen LogP contribution in [0.2, 0.25) is 0 Å². The minimum Gasteiger partial charge on any atom is -0.325 e. The van der Waals surface area contributed by atoms with Crippen LogP contribution in [0.1, 0.15) is 18.9 Å². The van der Waals surface area contributed by atoms with Crippen molar-refractivity contribution >= 4 is 40.1 Å². The number of anilines is 1. The summed E-state index contributed by atoms with van der Waals surface area (Å²) in [4.78, 5) is 21.8. The first-order chi connectivity index (χ1) is 9.11. The van der Waals surface area contributed by atoms with Gasteiger partial charge in [-0.1, -0.05) is 23.6 Å². The standard InChI is InChI=1S/C14H14ClNO2S/c1-11(17)19-9-3-2-4-12-5-7-13(8-6-12)16-14(18)10-15/h5-8H,3,9-10H2,1H3,(H,16,18). The Kier molecular flexibility index (Phi) is 7.09. The number of hydrogen-bond acceptors (Lipinski definition) is 3. The van der Waals surface area contributed by atoms with Crippen molar-refractivity contribution in [2.24, 2.45) is 0 Å². The molecule has 0 radical (unpaired) electrons. The van der Waals surface area contributed by atoms with E-state index >= 15 is 0 Å². The smallest absolute Gasteiger partial charge is 0.239 e. The lowest BCUT2D eigenvalue weighted by Crippen LogP contribution is -2.12. The molecule has 0 aliphatic heterocycles. The highest BCUT2D eigenvalue weighted by Crippen LogP contribution is 2.09. The second-order valence-electron chi connectivity index (χ2n) is 3.65. The third kappa shape index (κ3) is 6.90. The van der Waals surface area contributed by atoms with Gasteiger partial charge in [-0.15, -0.1) is 11.6 Å². The van der Waals surface area contributed by atoms with Crippen LogP contribution in [0, 0.1) is 11.8 Å². The lowest BCUT2D eigenvalue weighted by atomic mass is 10.2. The molecule has 1 rings (SSSR count). The summed E-state index contributed by atoms with van der Waals surface area (Å²) in [5.74, 6) is 6.42. The summed E-state index contributed by atoms with van der Waals surface area (Å²) in [6.45, 7) is 1.55. The first kappa shape index (κ1) is 15.6. The number of carbonyl (C=O) groups excluding carboxylic acids is 2. The normalized spacial score (nSPS) is 9.37. The Morgan fingerprint density at radius 2 is 2.00 bits per heavy atom. The monoisotopic (exact) mass is 295 g/mol. The fourth-order valence-electron chi connectivity index (χ4n) is 1.24. The van der Waals surface area contributed by atoms with Gasteiger partial charge in [-0.2, -0.15) is 0 Å². The highest BCUT2D eigenvalue weighted by atomic mass is 35.5. The summed E-state index contributed by atoms with van der Waals surface area (Å²) in [6, 6.07) is 7.21. The van der Waals surface area contributed by atoms with Crippen LogP contribution in [0.25, 0.3) is 0 Å². The summed E-state index contributed by atoms with van der Waals surface area (Å²) >= 11 is 6.67. The average Bonchev–Trinajstić information content (AvgIpc) is 2.39. The van der Waals surface area contributed by atoms with Crippen LogP contribution in [0.3, 0.4) is 0 Å². The quantitative estimate of drug-likeness (QED) is 0.528. The fourth-order valence-corrected chi connectivity index (χ4v) is 1.80. The molecule has 19 heavy (non-hydrogen) atoms. The number of benzene rings is 1. The van der Waals surface area contributed by atoms with E-state index in [2.05, 4.69) is 17.2 Å². The largest absolute Gasteiger partial charge is 0.325 e. The predicted octanol–water partition coefficient (Wildman–Crippen LogP) is 2.89. The van der Waals surface area contributed by atoms with Crippen LogP contribution in [-0.4, -0.2) is 22.7 Å². The molecule has 0 saturated carbocycles. The Morgan fingerprint density at radius 1 is 1.32 bits per heavy atom. The van der Waals surface area contributed by atoms with Gasteiger partial charge < -0.3 is 5.32 Å². The van der Waals surface area contributed by atoms with Crippen LogP contribution in [0.4, 0.5) is 5.69 Å². The number of hydrogen-bond donors (Lipinski definition) is 1. The Hall–Kier alpha value is -1.44. The molecule has 1 amide bonds. The Morgan fingerprint density at radius 3 is 2.58 bits per heavy atom. The Bertz CT molecular complexity index is 502. The van der Waals surface area contributed by atoms with Crippen molar-refractivity contribution in [2.75, 3.05) is 16.9 Å². The molecule has 3 nitrogen and oxygen atoms in total. The molecule has 0 fully saturated rings. The number of amides is 1. The maximum Gasteiger partial charge on any atom is 0.239 e. The predicted molar refractivity (Wildman–Crippen MR) is 80.4 cm³/mol. The number of nitrogens with one attached hydrogen (secondary N) is 1. The van der Waals surface area contributed by atoms with Crippen molar-refractivity contribution in [1.29, 1.82) is 0 Å². The second-order valence-corrected chi connectivity index (χ2v) is 5.19. The molecule has 1 aromatic carbocycles. The maximum atomic E-state index is 11.1. The van der Waals surface area contributed by atoms with Gasteiger partial charge in [0.15, 0.2) is 5.12 Å². The van der Waals surface area contributed by atoms with E-state index in [9.17, 15) is 9.59 Å². The highest BCUT2D eigenvalue weighted by Gasteiger charge is 1.98. The van der Waals surface area contributed by atoms with Gasteiger partial charge in [-0.25, -0.2) is 0 Å². The summed E-state index contributed by atoms with van der Waals surface area (Å²) < 4.78 is 0. The molecule has 100 valence electrons. The minimum atomic E-state index is -0.234. The van der Waals surface area contributed by atoms with E-state index in [4.69, 9.17) is 11.6 Å². The van der Waals surface area contributed by atoms with Gasteiger partial charge in [0.2, 0.25) is 5.91 Å². The molecule has 5 heteroatoms. The molecule has 0 heterocycles. The second kappa shape index (κ2) is 8.63. The lowest BCUT2D eigenvalue weighted by Gasteiger charge is -2.01. The van der Waals surface area contributed by atoms with Gasteiger partial charge in [0, 0.05) is 30.3 Å². The molecule has 1 aromatic rings. The number of thioether (sulfide) groups is 1. The van der Waals surface area contributed by atoms with Crippen molar-refractivity contribution in [2.45, 2.75) is 13.3 Å². The van der Waals surface area contributed by atoms with E-state index < -0.39 is 0 Å². The van der Waals surface area contributed by atoms with Crippen LogP contribution in [-0.2, 0) is 9.59 Å². The van der Waals surface area contributed by atoms with E-state index in [1.807, 2.05) is 12.1 Å². The zero-order chi connectivity index (χ0) is 14.1. The van der Waals surface area contributed by atoms with E-state index in [0.717, 1.165) is 5.56 Å². The van der Waals surface area contributed by atoms with Gasteiger partial charge in [-0.05, 0) is 24.3 Å². The van der Waals surface area contributed by atoms with Crippen LogP contribution >= 0.6 is 23.4 Å². The van der Waals surface area contributed by atoms with Crippen molar-refractivity contribution in [3.8, 4) is 11.8 Å². The molecule has 0 atom stereocenters. The minimum absolute atomic E-state index is 0.0601. The lowest BCUT2D eigenvalue weighted by molar-refractivity contribution is -0.114. The SMILES string of the molecule is CC(=O)SCCC#Cc1ccc(NC(=O)CCl)cc1. The first-order valence-corrected chi connectivity index (χ1v) is 7.22. The van der Waals surface area contributed by atoms with Crippen molar-refractivity contribution < 1.29 is 9.59 Å². The third-order valence-corrected chi connectivity index (χ3v) is 3.11. The summed E-state index contributed by atoms with van der Waals surface area (Å²) in [5.41, 5.74) is 1.57. The molecule has 0 bridgehead atoms. The summed E-state index contributed by atoms with van der Waals surface area (Å²) in [5, 5.41) is 2.76. The van der Waals surface area contributed by atoms with Crippen molar-refractivity contribution in [3.05, 3.63) is 29.8 Å².